The molecule has 1 fully saturated rings. The second-order valence-electron chi connectivity index (χ2n) is 8.34. The average molecular weight is 418 g/mol. The molecule has 8 nitrogen and oxygen atoms in total. The molecule has 1 saturated heterocycles. The summed E-state index contributed by atoms with van der Waals surface area (Å²) < 4.78 is 10.3. The lowest BCUT2D eigenvalue weighted by molar-refractivity contribution is -0.146. The van der Waals surface area contributed by atoms with E-state index in [1.807, 2.05) is 6.92 Å². The Bertz CT molecular complexity index is 797. The van der Waals surface area contributed by atoms with Gasteiger partial charge in [-0.3, -0.25) is 9.59 Å². The molecule has 8 heteroatoms. The van der Waals surface area contributed by atoms with Gasteiger partial charge < -0.3 is 19.7 Å². The molecule has 30 heavy (non-hydrogen) atoms. The number of carbonyl (C=O) groups excluding carboxylic acids is 4. The van der Waals surface area contributed by atoms with Gasteiger partial charge in [-0.1, -0.05) is 29.8 Å². The van der Waals surface area contributed by atoms with E-state index in [0.717, 1.165) is 5.56 Å². The highest BCUT2D eigenvalue weighted by Gasteiger charge is 2.37. The van der Waals surface area contributed by atoms with Gasteiger partial charge in [0.2, 0.25) is 5.91 Å². The van der Waals surface area contributed by atoms with Crippen molar-refractivity contribution in [1.82, 2.24) is 10.2 Å². The summed E-state index contributed by atoms with van der Waals surface area (Å²) in [5.74, 6) is -2.36. The minimum atomic E-state index is -1.43. The Balaban J connectivity index is 2.07. The van der Waals surface area contributed by atoms with Crippen LogP contribution in [0.1, 0.15) is 50.0 Å². The number of nitrogens with one attached hydrogen (secondary N) is 1. The van der Waals surface area contributed by atoms with Gasteiger partial charge in [0, 0.05) is 18.7 Å². The molecule has 2 atom stereocenters. The minimum absolute atomic E-state index is 0.0855. The molecular formula is C22H30N2O6. The first-order chi connectivity index (χ1) is 14.0. The Morgan fingerprint density at radius 2 is 1.80 bits per heavy atom. The fourth-order valence-corrected chi connectivity index (χ4v) is 3.07. The Kier molecular flexibility index (Phi) is 7.59. The number of Topliss-reactive ketones (excluding diaryl/α,β-unsaturated/α-hetero) is 1. The van der Waals surface area contributed by atoms with Gasteiger partial charge in [0.05, 0.1) is 12.5 Å². The van der Waals surface area contributed by atoms with E-state index >= 15 is 0 Å². The van der Waals surface area contributed by atoms with Crippen molar-refractivity contribution in [2.45, 2.75) is 52.7 Å². The first kappa shape index (κ1) is 23.4. The van der Waals surface area contributed by atoms with Crippen molar-refractivity contribution in [3.8, 4) is 0 Å². The van der Waals surface area contributed by atoms with Crippen molar-refractivity contribution >= 4 is 23.8 Å². The van der Waals surface area contributed by atoms with E-state index < -0.39 is 41.3 Å². The maximum atomic E-state index is 12.9. The number of ketones is 1. The monoisotopic (exact) mass is 418 g/mol. The molecule has 1 aliphatic rings. The van der Waals surface area contributed by atoms with Gasteiger partial charge in [0.25, 0.3) is 0 Å². The Hall–Kier alpha value is -2.90. The lowest BCUT2D eigenvalue weighted by Gasteiger charge is -2.24. The number of nitrogens with zero attached hydrogens (tertiary/aromatic N) is 1. The van der Waals surface area contributed by atoms with Crippen LogP contribution in [0.25, 0.3) is 0 Å². The average Bonchev–Trinajstić information content (AvgIpc) is 3.15. The quantitative estimate of drug-likeness (QED) is 0.433. The number of amides is 2. The van der Waals surface area contributed by atoms with E-state index in [1.54, 1.807) is 52.0 Å². The number of carbonyl (C=O) groups is 4. The van der Waals surface area contributed by atoms with E-state index in [0.29, 0.717) is 18.5 Å². The predicted octanol–water partition coefficient (Wildman–Crippen LogP) is 2.48. The highest BCUT2D eigenvalue weighted by molar-refractivity contribution is 6.13. The summed E-state index contributed by atoms with van der Waals surface area (Å²) in [5.41, 5.74) is 0.643. The molecule has 0 spiro atoms. The fraction of sp³-hybridized carbons (Fsp3) is 0.545. The molecule has 1 aromatic rings. The third-order valence-electron chi connectivity index (χ3n) is 4.62. The summed E-state index contributed by atoms with van der Waals surface area (Å²) >= 11 is 0. The molecule has 1 aromatic carbocycles. The summed E-state index contributed by atoms with van der Waals surface area (Å²) in [7, 11) is 0. The maximum Gasteiger partial charge on any atom is 0.410 e. The van der Waals surface area contributed by atoms with E-state index in [-0.39, 0.29) is 13.2 Å². The number of hydrogen-bond donors (Lipinski definition) is 1. The van der Waals surface area contributed by atoms with Gasteiger partial charge in [-0.25, -0.2) is 9.59 Å². The molecule has 0 saturated carbocycles. The number of benzene rings is 1. The van der Waals surface area contributed by atoms with Gasteiger partial charge in [-0.15, -0.1) is 0 Å². The lowest BCUT2D eigenvalue weighted by Crippen LogP contribution is -2.49. The molecule has 1 aliphatic heterocycles. The zero-order valence-electron chi connectivity index (χ0n) is 18.2. The molecule has 0 aliphatic carbocycles. The topological polar surface area (TPSA) is 102 Å². The fourth-order valence-electron chi connectivity index (χ4n) is 3.07. The van der Waals surface area contributed by atoms with Gasteiger partial charge >= 0.3 is 12.1 Å². The number of esters is 1. The van der Waals surface area contributed by atoms with Crippen molar-refractivity contribution in [2.75, 3.05) is 19.7 Å². The van der Waals surface area contributed by atoms with Crippen LogP contribution in [-0.2, 0) is 19.1 Å². The van der Waals surface area contributed by atoms with E-state index in [2.05, 4.69) is 5.32 Å². The van der Waals surface area contributed by atoms with Crippen molar-refractivity contribution < 1.29 is 28.7 Å². The van der Waals surface area contributed by atoms with Crippen LogP contribution >= 0.6 is 0 Å². The van der Waals surface area contributed by atoms with Crippen molar-refractivity contribution in [1.29, 1.82) is 0 Å². The van der Waals surface area contributed by atoms with Crippen LogP contribution in [0.4, 0.5) is 4.79 Å². The van der Waals surface area contributed by atoms with E-state index in [4.69, 9.17) is 9.47 Å². The number of hydrogen-bond acceptors (Lipinski definition) is 6. The summed E-state index contributed by atoms with van der Waals surface area (Å²) in [6.07, 6.45) is -0.0743. The van der Waals surface area contributed by atoms with Crippen LogP contribution < -0.4 is 5.32 Å². The second-order valence-corrected chi connectivity index (χ2v) is 8.34. The highest BCUT2D eigenvalue weighted by atomic mass is 16.6. The third kappa shape index (κ3) is 6.30. The summed E-state index contributed by atoms with van der Waals surface area (Å²) in [6.45, 7) is 9.43. The molecule has 1 N–H and O–H groups in total. The van der Waals surface area contributed by atoms with Crippen molar-refractivity contribution in [3.63, 3.8) is 0 Å². The minimum Gasteiger partial charge on any atom is -0.464 e. The SMILES string of the molecule is CCOC(=O)C(NC(=O)C1CCN(C(=O)OC(C)(C)C)C1)C(=O)c1ccc(C)cc1. The maximum absolute atomic E-state index is 12.9. The molecule has 2 unspecified atom stereocenters. The smallest absolute Gasteiger partial charge is 0.410 e. The summed E-state index contributed by atoms with van der Waals surface area (Å²) in [6, 6.07) is 5.29. The van der Waals surface area contributed by atoms with Gasteiger partial charge in [0.15, 0.2) is 11.8 Å². The molecule has 0 aromatic heterocycles. The number of ether oxygens (including phenoxy) is 2. The first-order valence-electron chi connectivity index (χ1n) is 10.1. The lowest BCUT2D eigenvalue weighted by atomic mass is 10.0. The van der Waals surface area contributed by atoms with Crippen molar-refractivity contribution in [3.05, 3.63) is 35.4 Å². The molecular weight excluding hydrogens is 388 g/mol. The summed E-state index contributed by atoms with van der Waals surface area (Å²) in [5, 5.41) is 2.52. The summed E-state index contributed by atoms with van der Waals surface area (Å²) in [4.78, 5) is 51.6. The number of rotatable bonds is 6. The molecule has 164 valence electrons. The zero-order chi connectivity index (χ0) is 22.5. The molecule has 0 radical (unpaired) electrons. The predicted molar refractivity (Wildman–Crippen MR) is 110 cm³/mol. The normalized spacial score (nSPS) is 17.2. The van der Waals surface area contributed by atoms with E-state index in [1.165, 1.54) is 4.90 Å². The van der Waals surface area contributed by atoms with Crippen LogP contribution in [0.15, 0.2) is 24.3 Å². The number of aryl methyl sites for hydroxylation is 1. The third-order valence-corrected chi connectivity index (χ3v) is 4.62. The second kappa shape index (κ2) is 9.73. The van der Waals surface area contributed by atoms with Crippen molar-refractivity contribution in [2.24, 2.45) is 5.92 Å². The Morgan fingerprint density at radius 1 is 1.17 bits per heavy atom. The van der Waals surface area contributed by atoms with Crippen LogP contribution in [0.5, 0.6) is 0 Å². The highest BCUT2D eigenvalue weighted by Crippen LogP contribution is 2.20. The Labute approximate surface area is 176 Å². The standard InChI is InChI=1S/C22H30N2O6/c1-6-29-20(27)17(18(25)15-9-7-14(2)8-10-15)23-19(26)16-11-12-24(13-16)21(28)30-22(3,4)5/h7-10,16-17H,6,11-13H2,1-5H3,(H,23,26). The van der Waals surface area contributed by atoms with Gasteiger partial charge in [-0.2, -0.15) is 0 Å². The van der Waals surface area contributed by atoms with Crippen LogP contribution in [0, 0.1) is 12.8 Å². The van der Waals surface area contributed by atoms with Gasteiger partial charge in [-0.05, 0) is 41.0 Å². The molecule has 0 bridgehead atoms. The van der Waals surface area contributed by atoms with E-state index in [9.17, 15) is 19.2 Å². The Morgan fingerprint density at radius 3 is 2.37 bits per heavy atom. The van der Waals surface area contributed by atoms with Gasteiger partial charge in [0.1, 0.15) is 5.60 Å². The van der Waals surface area contributed by atoms with Crippen LogP contribution in [-0.4, -0.2) is 60.0 Å². The zero-order valence-corrected chi connectivity index (χ0v) is 18.2. The number of likely N-dealkylation sites (tertiary alicyclic amines) is 1. The molecule has 1 heterocycles. The largest absolute Gasteiger partial charge is 0.464 e. The van der Waals surface area contributed by atoms with Crippen LogP contribution in [0.3, 0.4) is 0 Å². The van der Waals surface area contributed by atoms with Crippen LogP contribution in [0.2, 0.25) is 0 Å². The molecule has 2 rings (SSSR count). The molecule has 2 amide bonds. The first-order valence-corrected chi connectivity index (χ1v) is 10.1.